The van der Waals surface area contributed by atoms with Crippen LogP contribution in [0.4, 0.5) is 0 Å². The number of pyridine rings is 2. The van der Waals surface area contributed by atoms with Crippen LogP contribution in [0.15, 0.2) is 93.3 Å². The average Bonchev–Trinajstić information content (AvgIpc) is 3.31. The first-order chi connectivity index (χ1) is 19.9. The molecule has 4 nitrogen and oxygen atoms in total. The Kier molecular flexibility index (Phi) is 10.7. The van der Waals surface area contributed by atoms with Crippen molar-refractivity contribution in [3.05, 3.63) is 121 Å². The molecule has 214 valence electrons. The van der Waals surface area contributed by atoms with Gasteiger partial charge in [-0.3, -0.25) is 9.97 Å². The normalized spacial score (nSPS) is 13.1. The molecular formula is C37H46N4. The van der Waals surface area contributed by atoms with Gasteiger partial charge < -0.3 is 9.80 Å². The minimum atomic E-state index is 0.311. The number of aromatic nitrogens is 2. The number of unbranched alkanes of at least 4 members (excludes halogenated alkanes) is 4. The zero-order chi connectivity index (χ0) is 29.2. The summed E-state index contributed by atoms with van der Waals surface area (Å²) in [4.78, 5) is 13.7. The van der Waals surface area contributed by atoms with Crippen molar-refractivity contribution in [3.63, 3.8) is 0 Å². The fourth-order valence-corrected chi connectivity index (χ4v) is 5.65. The quantitative estimate of drug-likeness (QED) is 0.133. The number of hydrogen-bond donors (Lipinski definition) is 0. The highest BCUT2D eigenvalue weighted by Gasteiger charge is 2.26. The SMILES string of the molecule is C=CCCC(C=C)N1Cc2cc(CCCCCCCN(C)C(=C)c3ccnc(-c4cc(C)ccn4)c3)ccc2C1=C. The second kappa shape index (κ2) is 14.6. The topological polar surface area (TPSA) is 32.3 Å². The molecule has 0 aliphatic carbocycles. The summed E-state index contributed by atoms with van der Waals surface area (Å²) >= 11 is 0. The van der Waals surface area contributed by atoms with Gasteiger partial charge in [-0.25, -0.2) is 0 Å². The Hall–Kier alpha value is -3.92. The van der Waals surface area contributed by atoms with Crippen LogP contribution >= 0.6 is 0 Å². The maximum atomic E-state index is 4.53. The molecular weight excluding hydrogens is 500 g/mol. The molecule has 1 aliphatic rings. The van der Waals surface area contributed by atoms with E-state index in [9.17, 15) is 0 Å². The Balaban J connectivity index is 1.17. The lowest BCUT2D eigenvalue weighted by atomic mass is 10.0. The first kappa shape index (κ1) is 30.0. The summed E-state index contributed by atoms with van der Waals surface area (Å²) in [6.45, 7) is 20.7. The van der Waals surface area contributed by atoms with Crippen LogP contribution in [0.1, 0.15) is 72.8 Å². The zero-order valence-corrected chi connectivity index (χ0v) is 25.1. The number of benzene rings is 1. The molecule has 0 amide bonds. The highest BCUT2D eigenvalue weighted by Crippen LogP contribution is 2.35. The fraction of sp³-hybridized carbons (Fsp3) is 0.351. The van der Waals surface area contributed by atoms with E-state index >= 15 is 0 Å². The maximum Gasteiger partial charge on any atom is 0.0892 e. The number of aryl methyl sites for hydroxylation is 2. The molecule has 4 rings (SSSR count). The first-order valence-electron chi connectivity index (χ1n) is 15.0. The van der Waals surface area contributed by atoms with Crippen molar-refractivity contribution >= 4 is 11.4 Å². The van der Waals surface area contributed by atoms with Gasteiger partial charge in [0.15, 0.2) is 0 Å². The van der Waals surface area contributed by atoms with E-state index in [0.717, 1.165) is 60.7 Å². The number of allylic oxidation sites excluding steroid dienone is 1. The van der Waals surface area contributed by atoms with Gasteiger partial charge in [0.05, 0.1) is 11.4 Å². The van der Waals surface area contributed by atoms with Gasteiger partial charge in [-0.15, -0.1) is 13.2 Å². The Labute approximate surface area is 247 Å². The summed E-state index contributed by atoms with van der Waals surface area (Å²) in [6, 6.07) is 15.5. The monoisotopic (exact) mass is 546 g/mol. The predicted molar refractivity (Wildman–Crippen MR) is 175 cm³/mol. The van der Waals surface area contributed by atoms with E-state index in [-0.39, 0.29) is 0 Å². The molecule has 0 radical (unpaired) electrons. The number of hydrogen-bond acceptors (Lipinski definition) is 4. The van der Waals surface area contributed by atoms with Gasteiger partial charge in [-0.1, -0.05) is 62.8 Å². The van der Waals surface area contributed by atoms with E-state index in [2.05, 4.69) is 96.5 Å². The number of nitrogens with zero attached hydrogens (tertiary/aromatic N) is 4. The highest BCUT2D eigenvalue weighted by atomic mass is 15.2. The highest BCUT2D eigenvalue weighted by molar-refractivity contribution is 5.70. The van der Waals surface area contributed by atoms with Crippen molar-refractivity contribution in [1.29, 1.82) is 0 Å². The van der Waals surface area contributed by atoms with Crippen LogP contribution in [-0.2, 0) is 13.0 Å². The second-order valence-corrected chi connectivity index (χ2v) is 11.3. The van der Waals surface area contributed by atoms with Gasteiger partial charge >= 0.3 is 0 Å². The molecule has 0 bridgehead atoms. The van der Waals surface area contributed by atoms with Crippen molar-refractivity contribution in [1.82, 2.24) is 19.8 Å². The molecule has 4 heteroatoms. The molecule has 0 N–H and O–H groups in total. The standard InChI is InChI=1S/C37H46N4/c1-7-9-16-34(8-2)41-27-33-25-31(17-18-35(33)30(41)5)15-13-11-10-12-14-23-40(6)29(4)32-20-22-39-37(26-32)36-24-28(3)19-21-38-36/h7-8,17-22,24-26,34H,1-2,4-5,9-16,23,27H2,3,6H3. The third-order valence-electron chi connectivity index (χ3n) is 8.20. The summed E-state index contributed by atoms with van der Waals surface area (Å²) in [5.74, 6) is 0. The molecule has 3 aromatic rings. The average molecular weight is 547 g/mol. The third-order valence-corrected chi connectivity index (χ3v) is 8.20. The summed E-state index contributed by atoms with van der Waals surface area (Å²) < 4.78 is 0. The van der Waals surface area contributed by atoms with Crippen LogP contribution in [0.25, 0.3) is 22.8 Å². The molecule has 0 fully saturated rings. The second-order valence-electron chi connectivity index (χ2n) is 11.3. The largest absolute Gasteiger partial charge is 0.375 e. The van der Waals surface area contributed by atoms with Crippen molar-refractivity contribution in [2.75, 3.05) is 13.6 Å². The van der Waals surface area contributed by atoms with Crippen molar-refractivity contribution in [3.8, 4) is 11.4 Å². The summed E-state index contributed by atoms with van der Waals surface area (Å²) in [5, 5.41) is 0. The Morgan fingerprint density at radius 3 is 2.46 bits per heavy atom. The number of rotatable bonds is 16. The molecule has 1 unspecified atom stereocenters. The summed E-state index contributed by atoms with van der Waals surface area (Å²) in [6.07, 6.45) is 17.0. The predicted octanol–water partition coefficient (Wildman–Crippen LogP) is 8.85. The van der Waals surface area contributed by atoms with E-state index in [1.807, 2.05) is 30.6 Å². The van der Waals surface area contributed by atoms with Crippen LogP contribution in [-0.4, -0.2) is 39.4 Å². The van der Waals surface area contributed by atoms with E-state index in [4.69, 9.17) is 0 Å². The molecule has 3 heterocycles. The van der Waals surface area contributed by atoms with Gasteiger partial charge in [-0.2, -0.15) is 0 Å². The van der Waals surface area contributed by atoms with E-state index in [1.165, 1.54) is 54.4 Å². The van der Waals surface area contributed by atoms with Gasteiger partial charge in [-0.05, 0) is 80.0 Å². The summed E-state index contributed by atoms with van der Waals surface area (Å²) in [7, 11) is 2.13. The van der Waals surface area contributed by atoms with Gasteiger partial charge in [0, 0.05) is 61.1 Å². The Morgan fingerprint density at radius 2 is 1.71 bits per heavy atom. The van der Waals surface area contributed by atoms with Gasteiger partial charge in [0.2, 0.25) is 0 Å². The van der Waals surface area contributed by atoms with Crippen molar-refractivity contribution in [2.45, 2.75) is 70.9 Å². The van der Waals surface area contributed by atoms with Crippen molar-refractivity contribution < 1.29 is 0 Å². The van der Waals surface area contributed by atoms with Crippen LogP contribution in [0.3, 0.4) is 0 Å². The maximum absolute atomic E-state index is 4.53. The van der Waals surface area contributed by atoms with Gasteiger partial charge in [0.1, 0.15) is 0 Å². The molecule has 1 aliphatic heterocycles. The van der Waals surface area contributed by atoms with Crippen LogP contribution < -0.4 is 0 Å². The number of fused-ring (bicyclic) bond motifs is 1. The molecule has 1 atom stereocenters. The van der Waals surface area contributed by atoms with Gasteiger partial charge in [0.25, 0.3) is 0 Å². The third kappa shape index (κ3) is 7.85. The lowest BCUT2D eigenvalue weighted by molar-refractivity contribution is 0.334. The van der Waals surface area contributed by atoms with Crippen LogP contribution in [0.5, 0.6) is 0 Å². The van der Waals surface area contributed by atoms with E-state index < -0.39 is 0 Å². The minimum Gasteiger partial charge on any atom is -0.375 e. The lowest BCUT2D eigenvalue weighted by Gasteiger charge is -2.27. The molecule has 0 spiro atoms. The summed E-state index contributed by atoms with van der Waals surface area (Å²) in [5.41, 5.74) is 10.3. The van der Waals surface area contributed by atoms with Crippen LogP contribution in [0.2, 0.25) is 0 Å². The van der Waals surface area contributed by atoms with E-state index in [0.29, 0.717) is 6.04 Å². The first-order valence-corrected chi connectivity index (χ1v) is 15.0. The molecule has 2 aromatic heterocycles. The smallest absolute Gasteiger partial charge is 0.0892 e. The molecule has 41 heavy (non-hydrogen) atoms. The van der Waals surface area contributed by atoms with E-state index in [1.54, 1.807) is 0 Å². The Morgan fingerprint density at radius 1 is 0.976 bits per heavy atom. The molecule has 0 saturated heterocycles. The molecule has 1 aromatic carbocycles. The lowest BCUT2D eigenvalue weighted by Crippen LogP contribution is -2.27. The molecule has 0 saturated carbocycles. The zero-order valence-electron chi connectivity index (χ0n) is 25.1. The van der Waals surface area contributed by atoms with Crippen molar-refractivity contribution in [2.24, 2.45) is 0 Å². The Bertz CT molecular complexity index is 1370. The minimum absolute atomic E-state index is 0.311. The fourth-order valence-electron chi connectivity index (χ4n) is 5.65. The van der Waals surface area contributed by atoms with Crippen LogP contribution in [0, 0.1) is 6.92 Å².